The average Bonchev–Trinajstić information content (AvgIpc) is 2.38. The fraction of sp³-hybridized carbons (Fsp3) is 0.538. The van der Waals surface area contributed by atoms with Crippen LogP contribution in [0.5, 0.6) is 0 Å². The number of rotatable bonds is 3. The van der Waals surface area contributed by atoms with E-state index in [2.05, 4.69) is 10.3 Å². The second-order valence-electron chi connectivity index (χ2n) is 4.64. The monoisotopic (exact) mass is 236 g/mol. The van der Waals surface area contributed by atoms with Gasteiger partial charge in [-0.05, 0) is 25.0 Å². The zero-order chi connectivity index (χ0) is 12.1. The zero-order valence-electron chi connectivity index (χ0n) is 9.79. The summed E-state index contributed by atoms with van der Waals surface area (Å²) in [5, 5.41) is 2.66. The van der Waals surface area contributed by atoms with Crippen molar-refractivity contribution in [2.45, 2.75) is 37.8 Å². The van der Waals surface area contributed by atoms with Gasteiger partial charge in [-0.25, -0.2) is 4.39 Å². The van der Waals surface area contributed by atoms with Crippen molar-refractivity contribution in [1.29, 1.82) is 0 Å². The van der Waals surface area contributed by atoms with Crippen molar-refractivity contribution in [3.8, 4) is 0 Å². The highest BCUT2D eigenvalue weighted by molar-refractivity contribution is 5.93. The third-order valence-electron chi connectivity index (χ3n) is 3.24. The molecular formula is C13H17FN2O. The van der Waals surface area contributed by atoms with Crippen LogP contribution in [0, 0.1) is 0 Å². The average molecular weight is 236 g/mol. The van der Waals surface area contributed by atoms with Crippen LogP contribution in [0.15, 0.2) is 24.5 Å². The number of carbonyl (C=O) groups is 1. The van der Waals surface area contributed by atoms with Gasteiger partial charge in [-0.15, -0.1) is 0 Å². The van der Waals surface area contributed by atoms with E-state index in [9.17, 15) is 9.18 Å². The number of pyridine rings is 1. The molecule has 1 saturated carbocycles. The van der Waals surface area contributed by atoms with Crippen LogP contribution in [0.3, 0.4) is 0 Å². The molecule has 0 spiro atoms. The fourth-order valence-corrected chi connectivity index (χ4v) is 2.20. The molecule has 0 saturated heterocycles. The second kappa shape index (κ2) is 5.25. The standard InChI is InChI=1S/C13H17FN2O/c14-13(6-2-1-3-7-13)10-16-12(17)11-5-4-8-15-9-11/h4-5,8-9H,1-3,6-7,10H2,(H,16,17). The molecule has 1 aromatic rings. The Morgan fingerprint density at radius 3 is 2.82 bits per heavy atom. The van der Waals surface area contributed by atoms with Crippen LogP contribution in [-0.2, 0) is 0 Å². The smallest absolute Gasteiger partial charge is 0.252 e. The number of amides is 1. The predicted molar refractivity (Wildman–Crippen MR) is 63.5 cm³/mol. The Morgan fingerprint density at radius 1 is 1.41 bits per heavy atom. The van der Waals surface area contributed by atoms with Gasteiger partial charge in [0.1, 0.15) is 5.67 Å². The molecule has 2 rings (SSSR count). The minimum absolute atomic E-state index is 0.112. The second-order valence-corrected chi connectivity index (χ2v) is 4.64. The molecule has 1 heterocycles. The van der Waals surface area contributed by atoms with Gasteiger partial charge < -0.3 is 5.32 Å². The number of nitrogens with zero attached hydrogens (tertiary/aromatic N) is 1. The van der Waals surface area contributed by atoms with Gasteiger partial charge in [-0.2, -0.15) is 0 Å². The third-order valence-corrected chi connectivity index (χ3v) is 3.24. The zero-order valence-corrected chi connectivity index (χ0v) is 9.79. The number of alkyl halides is 1. The van der Waals surface area contributed by atoms with E-state index in [1.165, 1.54) is 6.20 Å². The van der Waals surface area contributed by atoms with Gasteiger partial charge in [0.25, 0.3) is 5.91 Å². The Morgan fingerprint density at radius 2 is 2.18 bits per heavy atom. The molecule has 92 valence electrons. The highest BCUT2D eigenvalue weighted by atomic mass is 19.1. The van der Waals surface area contributed by atoms with E-state index in [1.807, 2.05) is 0 Å². The Bertz CT molecular complexity index is 374. The Kier molecular flexibility index (Phi) is 3.71. The van der Waals surface area contributed by atoms with E-state index in [0.717, 1.165) is 19.3 Å². The van der Waals surface area contributed by atoms with Gasteiger partial charge in [-0.1, -0.05) is 19.3 Å². The molecule has 0 unspecified atom stereocenters. The molecule has 0 aliphatic heterocycles. The van der Waals surface area contributed by atoms with Crippen molar-refractivity contribution in [3.63, 3.8) is 0 Å². The van der Waals surface area contributed by atoms with Crippen LogP contribution in [0.25, 0.3) is 0 Å². The summed E-state index contributed by atoms with van der Waals surface area (Å²) in [6.07, 6.45) is 7.14. The summed E-state index contributed by atoms with van der Waals surface area (Å²) < 4.78 is 14.2. The summed E-state index contributed by atoms with van der Waals surface area (Å²) in [6.45, 7) is 0.112. The summed E-state index contributed by atoms with van der Waals surface area (Å²) in [7, 11) is 0. The van der Waals surface area contributed by atoms with Crippen LogP contribution in [0.1, 0.15) is 42.5 Å². The van der Waals surface area contributed by atoms with Crippen molar-refractivity contribution >= 4 is 5.91 Å². The molecule has 0 radical (unpaired) electrons. The first-order valence-corrected chi connectivity index (χ1v) is 6.07. The van der Waals surface area contributed by atoms with Crippen molar-refractivity contribution in [1.82, 2.24) is 10.3 Å². The highest BCUT2D eigenvalue weighted by Crippen LogP contribution is 2.31. The topological polar surface area (TPSA) is 42.0 Å². The lowest BCUT2D eigenvalue weighted by Crippen LogP contribution is -2.41. The summed E-state index contributed by atoms with van der Waals surface area (Å²) in [6, 6.07) is 3.37. The molecule has 0 atom stereocenters. The molecule has 1 fully saturated rings. The number of nitrogens with one attached hydrogen (secondary N) is 1. The molecule has 1 aliphatic rings. The van der Waals surface area contributed by atoms with Gasteiger partial charge in [0.2, 0.25) is 0 Å². The molecule has 0 bridgehead atoms. The summed E-state index contributed by atoms with van der Waals surface area (Å²) in [5.74, 6) is -0.249. The first kappa shape index (κ1) is 12.0. The van der Waals surface area contributed by atoms with E-state index in [0.29, 0.717) is 18.4 Å². The number of hydrogen-bond acceptors (Lipinski definition) is 2. The van der Waals surface area contributed by atoms with E-state index < -0.39 is 5.67 Å². The molecule has 3 nitrogen and oxygen atoms in total. The lowest BCUT2D eigenvalue weighted by molar-refractivity contribution is 0.0813. The number of carbonyl (C=O) groups excluding carboxylic acids is 1. The number of aromatic nitrogens is 1. The first-order valence-electron chi connectivity index (χ1n) is 6.07. The summed E-state index contributed by atoms with van der Waals surface area (Å²) in [4.78, 5) is 15.6. The predicted octanol–water partition coefficient (Wildman–Crippen LogP) is 2.48. The molecule has 1 N–H and O–H groups in total. The van der Waals surface area contributed by atoms with Crippen LogP contribution < -0.4 is 5.32 Å². The van der Waals surface area contributed by atoms with E-state index in [4.69, 9.17) is 0 Å². The Balaban J connectivity index is 1.87. The van der Waals surface area contributed by atoms with E-state index in [-0.39, 0.29) is 12.5 Å². The van der Waals surface area contributed by atoms with Crippen LogP contribution >= 0.6 is 0 Å². The molecule has 4 heteroatoms. The minimum atomic E-state index is -1.21. The summed E-state index contributed by atoms with van der Waals surface area (Å²) >= 11 is 0. The molecule has 17 heavy (non-hydrogen) atoms. The maximum atomic E-state index is 14.2. The molecule has 1 aliphatic carbocycles. The number of halogens is 1. The van der Waals surface area contributed by atoms with Gasteiger partial charge >= 0.3 is 0 Å². The maximum Gasteiger partial charge on any atom is 0.252 e. The first-order chi connectivity index (χ1) is 8.20. The normalized spacial score (nSPS) is 18.6. The fourth-order valence-electron chi connectivity index (χ4n) is 2.20. The quantitative estimate of drug-likeness (QED) is 0.876. The lowest BCUT2D eigenvalue weighted by atomic mass is 9.86. The molecular weight excluding hydrogens is 219 g/mol. The lowest BCUT2D eigenvalue weighted by Gasteiger charge is -2.29. The summed E-state index contributed by atoms with van der Waals surface area (Å²) in [5.41, 5.74) is -0.734. The molecule has 1 amide bonds. The molecule has 1 aromatic heterocycles. The van der Waals surface area contributed by atoms with Crippen molar-refractivity contribution in [2.75, 3.05) is 6.54 Å². The van der Waals surface area contributed by atoms with Crippen LogP contribution in [-0.4, -0.2) is 23.1 Å². The van der Waals surface area contributed by atoms with E-state index >= 15 is 0 Å². The third kappa shape index (κ3) is 3.25. The SMILES string of the molecule is O=C(NCC1(F)CCCCC1)c1cccnc1. The maximum absolute atomic E-state index is 14.2. The van der Waals surface area contributed by atoms with Crippen molar-refractivity contribution < 1.29 is 9.18 Å². The van der Waals surface area contributed by atoms with Crippen molar-refractivity contribution in [2.24, 2.45) is 0 Å². The van der Waals surface area contributed by atoms with Gasteiger partial charge in [-0.3, -0.25) is 9.78 Å². The highest BCUT2D eigenvalue weighted by Gasteiger charge is 2.31. The Hall–Kier alpha value is -1.45. The van der Waals surface area contributed by atoms with Crippen LogP contribution in [0.4, 0.5) is 4.39 Å². The van der Waals surface area contributed by atoms with E-state index in [1.54, 1.807) is 18.3 Å². The largest absolute Gasteiger partial charge is 0.349 e. The number of hydrogen-bond donors (Lipinski definition) is 1. The van der Waals surface area contributed by atoms with Gasteiger partial charge in [0.15, 0.2) is 0 Å². The van der Waals surface area contributed by atoms with Gasteiger partial charge in [0.05, 0.1) is 12.1 Å². The molecule has 0 aromatic carbocycles. The Labute approximate surface area is 100 Å². The van der Waals surface area contributed by atoms with Crippen LogP contribution in [0.2, 0.25) is 0 Å². The van der Waals surface area contributed by atoms with Crippen molar-refractivity contribution in [3.05, 3.63) is 30.1 Å². The minimum Gasteiger partial charge on any atom is -0.349 e. The van der Waals surface area contributed by atoms with Gasteiger partial charge in [0, 0.05) is 12.4 Å².